The van der Waals surface area contributed by atoms with Crippen molar-refractivity contribution in [2.24, 2.45) is 0 Å². The van der Waals surface area contributed by atoms with E-state index < -0.39 is 0 Å². The molecular formula is C17H24FNO3S. The number of carbonyl (C=O) groups excluding carboxylic acids is 1. The number of ether oxygens (including phenoxy) is 1. The minimum absolute atomic E-state index is 0.0177. The van der Waals surface area contributed by atoms with Crippen molar-refractivity contribution in [3.05, 3.63) is 35.6 Å². The summed E-state index contributed by atoms with van der Waals surface area (Å²) in [5.74, 6) is 1.62. The van der Waals surface area contributed by atoms with Gasteiger partial charge in [-0.15, -0.1) is 0 Å². The lowest BCUT2D eigenvalue weighted by atomic mass is 9.96. The number of hydrogen-bond acceptors (Lipinski definition) is 4. The SMILES string of the molecule is O=C(CCc1ccccc1F)NCC1(OCCO)CCSCC1. The van der Waals surface area contributed by atoms with E-state index in [0.717, 1.165) is 24.3 Å². The molecule has 1 aliphatic heterocycles. The summed E-state index contributed by atoms with van der Waals surface area (Å²) in [6, 6.07) is 6.52. The maximum Gasteiger partial charge on any atom is 0.220 e. The van der Waals surface area contributed by atoms with Gasteiger partial charge in [0.2, 0.25) is 5.91 Å². The Labute approximate surface area is 140 Å². The molecule has 0 aromatic heterocycles. The van der Waals surface area contributed by atoms with Crippen molar-refractivity contribution >= 4 is 17.7 Å². The summed E-state index contributed by atoms with van der Waals surface area (Å²) >= 11 is 1.88. The third kappa shape index (κ3) is 5.79. The smallest absolute Gasteiger partial charge is 0.220 e. The Morgan fingerprint density at radius 1 is 1.35 bits per heavy atom. The van der Waals surface area contributed by atoms with Gasteiger partial charge in [0.05, 0.1) is 18.8 Å². The summed E-state index contributed by atoms with van der Waals surface area (Å²) < 4.78 is 19.4. The molecule has 0 unspecified atom stereocenters. The number of hydrogen-bond donors (Lipinski definition) is 2. The summed E-state index contributed by atoms with van der Waals surface area (Å²) in [5, 5.41) is 11.9. The van der Waals surface area contributed by atoms with E-state index in [4.69, 9.17) is 9.84 Å². The summed E-state index contributed by atoms with van der Waals surface area (Å²) in [6.45, 7) is 0.718. The number of rotatable bonds is 8. The van der Waals surface area contributed by atoms with Crippen LogP contribution in [0.3, 0.4) is 0 Å². The van der Waals surface area contributed by atoms with Crippen molar-refractivity contribution in [1.82, 2.24) is 5.32 Å². The largest absolute Gasteiger partial charge is 0.394 e. The summed E-state index contributed by atoms with van der Waals surface area (Å²) in [4.78, 5) is 12.0. The molecule has 1 aromatic carbocycles. The van der Waals surface area contributed by atoms with Crippen LogP contribution in [0.4, 0.5) is 4.39 Å². The Kier molecular flexibility index (Phi) is 7.33. The van der Waals surface area contributed by atoms with E-state index in [2.05, 4.69) is 5.32 Å². The molecule has 0 bridgehead atoms. The third-order valence-electron chi connectivity index (χ3n) is 4.09. The zero-order chi connectivity index (χ0) is 16.5. The number of aliphatic hydroxyl groups is 1. The molecule has 128 valence electrons. The van der Waals surface area contributed by atoms with Gasteiger partial charge in [-0.25, -0.2) is 4.39 Å². The van der Waals surface area contributed by atoms with E-state index in [-0.39, 0.29) is 37.0 Å². The fraction of sp³-hybridized carbons (Fsp3) is 0.588. The lowest BCUT2D eigenvalue weighted by molar-refractivity contribution is -0.123. The zero-order valence-electron chi connectivity index (χ0n) is 13.2. The number of thioether (sulfide) groups is 1. The summed E-state index contributed by atoms with van der Waals surface area (Å²) in [7, 11) is 0. The maximum atomic E-state index is 13.5. The Hall–Kier alpha value is -1.11. The first-order chi connectivity index (χ1) is 11.2. The first kappa shape index (κ1) is 18.2. The normalized spacial score (nSPS) is 17.0. The van der Waals surface area contributed by atoms with Crippen LogP contribution in [-0.4, -0.2) is 47.9 Å². The van der Waals surface area contributed by atoms with Gasteiger partial charge in [0.1, 0.15) is 5.82 Å². The van der Waals surface area contributed by atoms with Gasteiger partial charge in [0, 0.05) is 13.0 Å². The van der Waals surface area contributed by atoms with Crippen molar-refractivity contribution in [1.29, 1.82) is 0 Å². The van der Waals surface area contributed by atoms with E-state index in [1.165, 1.54) is 6.07 Å². The molecule has 1 heterocycles. The number of carbonyl (C=O) groups is 1. The molecule has 0 saturated carbocycles. The Morgan fingerprint density at radius 2 is 2.09 bits per heavy atom. The minimum Gasteiger partial charge on any atom is -0.394 e. The van der Waals surface area contributed by atoms with Crippen LogP contribution in [0, 0.1) is 5.82 Å². The first-order valence-electron chi connectivity index (χ1n) is 7.98. The molecule has 23 heavy (non-hydrogen) atoms. The van der Waals surface area contributed by atoms with Crippen molar-refractivity contribution in [2.45, 2.75) is 31.3 Å². The van der Waals surface area contributed by atoms with Crippen LogP contribution < -0.4 is 5.32 Å². The lowest BCUT2D eigenvalue weighted by Crippen LogP contribution is -2.48. The van der Waals surface area contributed by atoms with Crippen molar-refractivity contribution in [3.8, 4) is 0 Å². The molecule has 4 nitrogen and oxygen atoms in total. The van der Waals surface area contributed by atoms with Crippen molar-refractivity contribution in [3.63, 3.8) is 0 Å². The monoisotopic (exact) mass is 341 g/mol. The van der Waals surface area contributed by atoms with E-state index in [1.54, 1.807) is 18.2 Å². The second-order valence-electron chi connectivity index (χ2n) is 5.74. The molecule has 1 saturated heterocycles. The Bertz CT molecular complexity index is 506. The number of aliphatic hydroxyl groups excluding tert-OH is 1. The van der Waals surface area contributed by atoms with Gasteiger partial charge in [0.15, 0.2) is 0 Å². The van der Waals surface area contributed by atoms with Gasteiger partial charge in [-0.05, 0) is 42.4 Å². The van der Waals surface area contributed by atoms with E-state index in [9.17, 15) is 9.18 Å². The van der Waals surface area contributed by atoms with Crippen LogP contribution in [0.5, 0.6) is 0 Å². The summed E-state index contributed by atoms with van der Waals surface area (Å²) in [5.41, 5.74) is 0.185. The van der Waals surface area contributed by atoms with E-state index in [1.807, 2.05) is 11.8 Å². The molecule has 6 heteroatoms. The highest BCUT2D eigenvalue weighted by molar-refractivity contribution is 7.99. The van der Waals surface area contributed by atoms with Gasteiger partial charge < -0.3 is 15.2 Å². The quantitative estimate of drug-likeness (QED) is 0.761. The molecule has 0 atom stereocenters. The van der Waals surface area contributed by atoms with Crippen LogP contribution in [0.25, 0.3) is 0 Å². The predicted molar refractivity (Wildman–Crippen MR) is 90.1 cm³/mol. The number of halogens is 1. The van der Waals surface area contributed by atoms with Crippen LogP contribution in [0.15, 0.2) is 24.3 Å². The third-order valence-corrected chi connectivity index (χ3v) is 5.08. The van der Waals surface area contributed by atoms with E-state index >= 15 is 0 Å². The molecule has 1 aromatic rings. The number of amides is 1. The van der Waals surface area contributed by atoms with Gasteiger partial charge in [-0.1, -0.05) is 18.2 Å². The average Bonchev–Trinajstić information content (AvgIpc) is 2.58. The highest BCUT2D eigenvalue weighted by Gasteiger charge is 2.33. The Balaban J connectivity index is 1.80. The molecular weight excluding hydrogens is 317 g/mol. The van der Waals surface area contributed by atoms with Crippen LogP contribution in [0.1, 0.15) is 24.8 Å². The lowest BCUT2D eigenvalue weighted by Gasteiger charge is -2.37. The predicted octanol–water partition coefficient (Wildman–Crippen LogP) is 2.15. The van der Waals surface area contributed by atoms with Crippen LogP contribution >= 0.6 is 11.8 Å². The van der Waals surface area contributed by atoms with Crippen molar-refractivity contribution < 1.29 is 19.0 Å². The molecule has 0 radical (unpaired) electrons. The molecule has 2 rings (SSSR count). The Morgan fingerprint density at radius 3 is 2.78 bits per heavy atom. The van der Waals surface area contributed by atoms with Gasteiger partial charge in [0.25, 0.3) is 0 Å². The van der Waals surface area contributed by atoms with Crippen LogP contribution in [0.2, 0.25) is 0 Å². The van der Waals surface area contributed by atoms with E-state index in [0.29, 0.717) is 18.5 Å². The highest BCUT2D eigenvalue weighted by atomic mass is 32.2. The van der Waals surface area contributed by atoms with Crippen molar-refractivity contribution in [2.75, 3.05) is 31.3 Å². The summed E-state index contributed by atoms with van der Waals surface area (Å²) in [6.07, 6.45) is 2.38. The average molecular weight is 341 g/mol. The fourth-order valence-electron chi connectivity index (χ4n) is 2.68. The van der Waals surface area contributed by atoms with Gasteiger partial charge in [-0.3, -0.25) is 4.79 Å². The first-order valence-corrected chi connectivity index (χ1v) is 9.13. The molecule has 1 amide bonds. The second-order valence-corrected chi connectivity index (χ2v) is 6.96. The van der Waals surface area contributed by atoms with Crippen LogP contribution in [-0.2, 0) is 16.0 Å². The molecule has 1 aliphatic rings. The molecule has 0 spiro atoms. The highest BCUT2D eigenvalue weighted by Crippen LogP contribution is 2.30. The number of nitrogens with one attached hydrogen (secondary N) is 1. The number of benzene rings is 1. The minimum atomic E-state index is -0.373. The standard InChI is InChI=1S/C17H24FNO3S/c18-15-4-2-1-3-14(15)5-6-16(21)19-13-17(22-10-9-20)7-11-23-12-8-17/h1-4,20H,5-13H2,(H,19,21). The molecule has 1 fully saturated rings. The fourth-order valence-corrected chi connectivity index (χ4v) is 3.91. The second kappa shape index (κ2) is 9.25. The maximum absolute atomic E-state index is 13.5. The van der Waals surface area contributed by atoms with Gasteiger partial charge >= 0.3 is 0 Å². The van der Waals surface area contributed by atoms with Gasteiger partial charge in [-0.2, -0.15) is 11.8 Å². The topological polar surface area (TPSA) is 58.6 Å². The molecule has 2 N–H and O–H groups in total. The molecule has 0 aliphatic carbocycles. The zero-order valence-corrected chi connectivity index (χ0v) is 14.0. The number of aryl methyl sites for hydroxylation is 1.